The molecule has 1 aliphatic rings. The van der Waals surface area contributed by atoms with Gasteiger partial charge in [-0.1, -0.05) is 0 Å². The smallest absolute Gasteiger partial charge is 0.233 e. The minimum absolute atomic E-state index is 0.528. The molecule has 0 atom stereocenters. The zero-order valence-electron chi connectivity index (χ0n) is 14.5. The third kappa shape index (κ3) is 3.38. The highest BCUT2D eigenvalue weighted by molar-refractivity contribution is 5.45. The van der Waals surface area contributed by atoms with Crippen LogP contribution in [0.3, 0.4) is 0 Å². The second-order valence-electron chi connectivity index (χ2n) is 6.46. The lowest BCUT2D eigenvalue weighted by atomic mass is 9.98. The molecule has 130 valence electrons. The first-order valence-corrected chi connectivity index (χ1v) is 8.56. The Morgan fingerprint density at radius 2 is 1.84 bits per heavy atom. The molecule has 4 heterocycles. The molecule has 1 aliphatic heterocycles. The summed E-state index contributed by atoms with van der Waals surface area (Å²) in [6.07, 6.45) is 2.14. The van der Waals surface area contributed by atoms with Gasteiger partial charge in [0.05, 0.1) is 12.3 Å². The van der Waals surface area contributed by atoms with E-state index >= 15 is 0 Å². The van der Waals surface area contributed by atoms with Gasteiger partial charge in [0.25, 0.3) is 0 Å². The summed E-state index contributed by atoms with van der Waals surface area (Å²) in [5, 5.41) is 20.9. The molecule has 0 aliphatic carbocycles. The van der Waals surface area contributed by atoms with Crippen LogP contribution in [0.5, 0.6) is 5.88 Å². The SMILES string of the molecule is Cc1ccc(OCC2CCN(c3ccc4nnc(C)n4n3)CC2)nn1. The van der Waals surface area contributed by atoms with E-state index in [2.05, 4.69) is 30.4 Å². The van der Waals surface area contributed by atoms with Crippen LogP contribution in [-0.2, 0) is 0 Å². The van der Waals surface area contributed by atoms with Crippen LogP contribution < -0.4 is 9.64 Å². The summed E-state index contributed by atoms with van der Waals surface area (Å²) in [6, 6.07) is 7.77. The fourth-order valence-electron chi connectivity index (χ4n) is 3.05. The van der Waals surface area contributed by atoms with Crippen LogP contribution in [0.4, 0.5) is 5.82 Å². The third-order valence-electron chi connectivity index (χ3n) is 4.58. The molecular formula is C17H21N7O. The highest BCUT2D eigenvalue weighted by atomic mass is 16.5. The maximum absolute atomic E-state index is 5.78. The molecule has 4 rings (SSSR count). The standard InChI is InChI=1S/C17H21N7O/c1-12-3-6-17(21-18-12)25-11-14-7-9-23(10-8-14)16-5-4-15-20-19-13(2)24(15)22-16/h3-6,14H,7-11H2,1-2H3. The number of hydrogen-bond donors (Lipinski definition) is 0. The van der Waals surface area contributed by atoms with Crippen LogP contribution in [-0.4, -0.2) is 49.7 Å². The topological polar surface area (TPSA) is 81.3 Å². The van der Waals surface area contributed by atoms with Gasteiger partial charge in [-0.25, -0.2) is 0 Å². The van der Waals surface area contributed by atoms with Gasteiger partial charge in [-0.3, -0.25) is 0 Å². The van der Waals surface area contributed by atoms with Gasteiger partial charge >= 0.3 is 0 Å². The Kier molecular flexibility index (Phi) is 4.17. The van der Waals surface area contributed by atoms with Gasteiger partial charge in [-0.15, -0.1) is 20.4 Å². The van der Waals surface area contributed by atoms with E-state index in [1.807, 2.05) is 38.1 Å². The average molecular weight is 339 g/mol. The molecule has 8 heteroatoms. The van der Waals surface area contributed by atoms with Crippen molar-refractivity contribution in [2.45, 2.75) is 26.7 Å². The van der Waals surface area contributed by atoms with Gasteiger partial charge < -0.3 is 9.64 Å². The van der Waals surface area contributed by atoms with Crippen LogP contribution in [0.2, 0.25) is 0 Å². The number of hydrogen-bond acceptors (Lipinski definition) is 7. The average Bonchev–Trinajstić information content (AvgIpc) is 3.02. The highest BCUT2D eigenvalue weighted by Crippen LogP contribution is 2.22. The van der Waals surface area contributed by atoms with E-state index in [-0.39, 0.29) is 0 Å². The number of aromatic nitrogens is 6. The van der Waals surface area contributed by atoms with Crippen molar-refractivity contribution in [3.8, 4) is 5.88 Å². The Bertz CT molecular complexity index is 853. The predicted octanol–water partition coefficient (Wildman–Crippen LogP) is 1.83. The van der Waals surface area contributed by atoms with Gasteiger partial charge in [0.2, 0.25) is 5.88 Å². The molecule has 1 saturated heterocycles. The zero-order valence-corrected chi connectivity index (χ0v) is 14.5. The Labute approximate surface area is 145 Å². The first kappa shape index (κ1) is 15.7. The molecule has 0 saturated carbocycles. The lowest BCUT2D eigenvalue weighted by Gasteiger charge is -2.32. The number of rotatable bonds is 4. The molecule has 3 aromatic heterocycles. The van der Waals surface area contributed by atoms with E-state index in [9.17, 15) is 0 Å². The van der Waals surface area contributed by atoms with Crippen molar-refractivity contribution in [1.29, 1.82) is 0 Å². The number of nitrogens with zero attached hydrogens (tertiary/aromatic N) is 7. The van der Waals surface area contributed by atoms with Gasteiger partial charge in [0, 0.05) is 19.2 Å². The van der Waals surface area contributed by atoms with Crippen molar-refractivity contribution < 1.29 is 4.74 Å². The monoisotopic (exact) mass is 339 g/mol. The summed E-state index contributed by atoms with van der Waals surface area (Å²) >= 11 is 0. The molecule has 3 aromatic rings. The largest absolute Gasteiger partial charge is 0.476 e. The van der Waals surface area contributed by atoms with Crippen LogP contribution >= 0.6 is 0 Å². The number of ether oxygens (including phenoxy) is 1. The normalized spacial score (nSPS) is 15.7. The molecule has 0 bridgehead atoms. The van der Waals surface area contributed by atoms with E-state index in [0.29, 0.717) is 18.4 Å². The molecule has 25 heavy (non-hydrogen) atoms. The number of anilines is 1. The van der Waals surface area contributed by atoms with Crippen molar-refractivity contribution in [3.63, 3.8) is 0 Å². The van der Waals surface area contributed by atoms with E-state index < -0.39 is 0 Å². The van der Waals surface area contributed by atoms with E-state index in [4.69, 9.17) is 4.74 Å². The summed E-state index contributed by atoms with van der Waals surface area (Å²) in [6.45, 7) is 6.44. The fraction of sp³-hybridized carbons (Fsp3) is 0.471. The van der Waals surface area contributed by atoms with E-state index in [1.165, 1.54) is 0 Å². The van der Waals surface area contributed by atoms with Crippen molar-refractivity contribution in [2.75, 3.05) is 24.6 Å². The summed E-state index contributed by atoms with van der Waals surface area (Å²) in [4.78, 5) is 2.31. The van der Waals surface area contributed by atoms with Crippen LogP contribution in [0, 0.1) is 19.8 Å². The second-order valence-corrected chi connectivity index (χ2v) is 6.46. The lowest BCUT2D eigenvalue weighted by molar-refractivity contribution is 0.214. The van der Waals surface area contributed by atoms with E-state index in [0.717, 1.165) is 48.9 Å². The quantitative estimate of drug-likeness (QED) is 0.717. The van der Waals surface area contributed by atoms with Gasteiger partial charge in [0.1, 0.15) is 5.82 Å². The number of fused-ring (bicyclic) bond motifs is 1. The Balaban J connectivity index is 1.34. The molecule has 0 aromatic carbocycles. The molecule has 0 amide bonds. The van der Waals surface area contributed by atoms with Crippen molar-refractivity contribution in [2.24, 2.45) is 5.92 Å². The molecule has 0 spiro atoms. The molecule has 0 unspecified atom stereocenters. The predicted molar refractivity (Wildman–Crippen MR) is 92.7 cm³/mol. The third-order valence-corrected chi connectivity index (χ3v) is 4.58. The zero-order chi connectivity index (χ0) is 17.2. The molecule has 1 fully saturated rings. The van der Waals surface area contributed by atoms with Gasteiger partial charge in [0.15, 0.2) is 11.5 Å². The van der Waals surface area contributed by atoms with Crippen LogP contribution in [0.1, 0.15) is 24.4 Å². The molecule has 0 N–H and O–H groups in total. The summed E-state index contributed by atoms with van der Waals surface area (Å²) in [5.41, 5.74) is 1.68. The first-order valence-electron chi connectivity index (χ1n) is 8.56. The van der Waals surface area contributed by atoms with Crippen molar-refractivity contribution in [3.05, 3.63) is 35.8 Å². The minimum atomic E-state index is 0.528. The fourth-order valence-corrected chi connectivity index (χ4v) is 3.05. The van der Waals surface area contributed by atoms with Crippen LogP contribution in [0.15, 0.2) is 24.3 Å². The highest BCUT2D eigenvalue weighted by Gasteiger charge is 2.21. The van der Waals surface area contributed by atoms with E-state index in [1.54, 1.807) is 4.52 Å². The number of aryl methyl sites for hydroxylation is 2. The maximum atomic E-state index is 5.78. The lowest BCUT2D eigenvalue weighted by Crippen LogP contribution is -2.36. The molecule has 8 nitrogen and oxygen atoms in total. The van der Waals surface area contributed by atoms with Gasteiger partial charge in [-0.05, 0) is 50.8 Å². The summed E-state index contributed by atoms with van der Waals surface area (Å²) in [5.74, 6) is 2.90. The summed E-state index contributed by atoms with van der Waals surface area (Å²) < 4.78 is 7.57. The van der Waals surface area contributed by atoms with Gasteiger partial charge in [-0.2, -0.15) is 9.61 Å². The molecular weight excluding hydrogens is 318 g/mol. The summed E-state index contributed by atoms with van der Waals surface area (Å²) in [7, 11) is 0. The Hall–Kier alpha value is -2.77. The Morgan fingerprint density at radius 3 is 2.60 bits per heavy atom. The van der Waals surface area contributed by atoms with Crippen molar-refractivity contribution >= 4 is 11.5 Å². The number of piperidine rings is 1. The van der Waals surface area contributed by atoms with Crippen LogP contribution in [0.25, 0.3) is 5.65 Å². The minimum Gasteiger partial charge on any atom is -0.476 e. The first-order chi connectivity index (χ1) is 12.2. The maximum Gasteiger partial charge on any atom is 0.233 e. The second kappa shape index (κ2) is 6.62. The van der Waals surface area contributed by atoms with Crippen molar-refractivity contribution in [1.82, 2.24) is 30.0 Å². The molecule has 0 radical (unpaired) electrons. The Morgan fingerprint density at radius 1 is 1.00 bits per heavy atom.